The maximum absolute atomic E-state index is 9.35. The van der Waals surface area contributed by atoms with E-state index in [1.54, 1.807) is 0 Å². The Labute approximate surface area is 212 Å². The van der Waals surface area contributed by atoms with Gasteiger partial charge in [0.15, 0.2) is 0 Å². The molecule has 1 saturated heterocycles. The number of fused-ring (bicyclic) bond motifs is 7. The molecule has 0 saturated carbocycles. The normalized spacial score (nSPS) is 22.7. The van der Waals surface area contributed by atoms with Crippen molar-refractivity contribution in [1.29, 1.82) is 5.26 Å². The molecule has 1 fully saturated rings. The fourth-order valence-electron chi connectivity index (χ4n) is 5.78. The molecular formula is C28H33N7O. The summed E-state index contributed by atoms with van der Waals surface area (Å²) in [6.45, 7) is 5.69. The standard InChI is InChI=1S/C28H33N7O/c1-33-13-10-22-17-30-21(9-12-29)18-35(22)27-24-11-14-34(19-25(24)31-28(32-27)36-16-15-33)26-8-4-6-20-5-2-3-7-23(20)26/h2-8,21-22,30H,9-11,13-19H2,1H3/t21-,22+/m0/s1. The first-order chi connectivity index (χ1) is 17.7. The van der Waals surface area contributed by atoms with Gasteiger partial charge in [0.05, 0.1) is 24.7 Å². The predicted molar refractivity (Wildman–Crippen MR) is 141 cm³/mol. The molecule has 8 heteroatoms. The van der Waals surface area contributed by atoms with Gasteiger partial charge in [-0.15, -0.1) is 0 Å². The highest BCUT2D eigenvalue weighted by Crippen LogP contribution is 2.35. The molecule has 36 heavy (non-hydrogen) atoms. The summed E-state index contributed by atoms with van der Waals surface area (Å²) in [6.07, 6.45) is 2.42. The number of aromatic nitrogens is 2. The number of nitrogens with zero attached hydrogens (tertiary/aromatic N) is 6. The van der Waals surface area contributed by atoms with Gasteiger partial charge in [-0.05, 0) is 37.9 Å². The molecule has 2 bridgehead atoms. The molecule has 3 aromatic rings. The number of benzene rings is 2. The SMILES string of the molecule is CN1CCOc2nc3c(c(n2)N2C[C@H](CC#N)NC[C@H]2CC1)CCN(c1cccc2ccccc12)C3. The van der Waals surface area contributed by atoms with Crippen LogP contribution in [0.15, 0.2) is 42.5 Å². The third-order valence-electron chi connectivity index (χ3n) is 7.79. The van der Waals surface area contributed by atoms with Crippen LogP contribution >= 0.6 is 0 Å². The zero-order chi connectivity index (χ0) is 24.5. The number of hydrogen-bond donors (Lipinski definition) is 1. The number of ether oxygens (including phenoxy) is 1. The van der Waals surface area contributed by atoms with Crippen molar-refractivity contribution in [3.05, 3.63) is 53.7 Å². The van der Waals surface area contributed by atoms with E-state index in [2.05, 4.69) is 75.6 Å². The van der Waals surface area contributed by atoms with E-state index in [0.717, 1.165) is 63.6 Å². The molecular weight excluding hydrogens is 450 g/mol. The Hall–Kier alpha value is -3.41. The van der Waals surface area contributed by atoms with E-state index in [-0.39, 0.29) is 6.04 Å². The maximum Gasteiger partial charge on any atom is 0.318 e. The van der Waals surface area contributed by atoms with Crippen molar-refractivity contribution >= 4 is 22.3 Å². The maximum atomic E-state index is 9.35. The highest BCUT2D eigenvalue weighted by Gasteiger charge is 2.34. The Bertz CT molecular complexity index is 1280. The van der Waals surface area contributed by atoms with Crippen molar-refractivity contribution in [2.24, 2.45) is 0 Å². The van der Waals surface area contributed by atoms with Crippen LogP contribution < -0.4 is 19.9 Å². The van der Waals surface area contributed by atoms with E-state index in [4.69, 9.17) is 14.7 Å². The molecule has 4 heterocycles. The topological polar surface area (TPSA) is 80.5 Å². The van der Waals surface area contributed by atoms with E-state index in [9.17, 15) is 5.26 Å². The lowest BCUT2D eigenvalue weighted by molar-refractivity contribution is 0.221. The number of nitrogens with one attached hydrogen (secondary N) is 1. The van der Waals surface area contributed by atoms with Gasteiger partial charge < -0.3 is 24.8 Å². The van der Waals surface area contributed by atoms with Crippen molar-refractivity contribution in [2.75, 3.05) is 56.2 Å². The van der Waals surface area contributed by atoms with Gasteiger partial charge >= 0.3 is 6.01 Å². The van der Waals surface area contributed by atoms with Gasteiger partial charge in [-0.2, -0.15) is 15.2 Å². The molecule has 3 aliphatic heterocycles. The summed E-state index contributed by atoms with van der Waals surface area (Å²) >= 11 is 0. The number of hydrogen-bond acceptors (Lipinski definition) is 8. The molecule has 0 unspecified atom stereocenters. The van der Waals surface area contributed by atoms with Crippen molar-refractivity contribution in [3.8, 4) is 12.1 Å². The Kier molecular flexibility index (Phi) is 6.34. The summed E-state index contributed by atoms with van der Waals surface area (Å²) in [4.78, 5) is 17.1. The van der Waals surface area contributed by atoms with Crippen LogP contribution in [-0.4, -0.2) is 73.3 Å². The molecule has 8 nitrogen and oxygen atoms in total. The molecule has 2 atom stereocenters. The van der Waals surface area contributed by atoms with Crippen LogP contribution in [0.25, 0.3) is 10.8 Å². The smallest absolute Gasteiger partial charge is 0.318 e. The van der Waals surface area contributed by atoms with Crippen LogP contribution in [-0.2, 0) is 13.0 Å². The number of piperazine rings is 1. The lowest BCUT2D eigenvalue weighted by Gasteiger charge is -2.43. The summed E-state index contributed by atoms with van der Waals surface area (Å²) in [5, 5.41) is 15.5. The van der Waals surface area contributed by atoms with E-state index in [1.807, 2.05) is 0 Å². The highest BCUT2D eigenvalue weighted by atomic mass is 16.5. The number of rotatable bonds is 2. The lowest BCUT2D eigenvalue weighted by Crippen LogP contribution is -2.57. The first kappa shape index (κ1) is 23.0. The number of nitriles is 1. The quantitative estimate of drug-likeness (QED) is 0.596. The molecule has 1 aromatic heterocycles. The zero-order valence-corrected chi connectivity index (χ0v) is 20.9. The summed E-state index contributed by atoms with van der Waals surface area (Å²) in [6, 6.07) is 18.4. The minimum Gasteiger partial charge on any atom is -0.462 e. The highest BCUT2D eigenvalue weighted by molar-refractivity contribution is 5.94. The average Bonchev–Trinajstić information content (AvgIpc) is 2.93. The molecule has 186 valence electrons. The van der Waals surface area contributed by atoms with Crippen LogP contribution in [0.5, 0.6) is 6.01 Å². The van der Waals surface area contributed by atoms with Crippen LogP contribution in [0.3, 0.4) is 0 Å². The van der Waals surface area contributed by atoms with Gasteiger partial charge in [0.25, 0.3) is 0 Å². The van der Waals surface area contributed by atoms with E-state index in [1.165, 1.54) is 22.0 Å². The fourth-order valence-corrected chi connectivity index (χ4v) is 5.78. The third-order valence-corrected chi connectivity index (χ3v) is 7.79. The molecule has 0 aliphatic carbocycles. The summed E-state index contributed by atoms with van der Waals surface area (Å²) < 4.78 is 6.10. The Morgan fingerprint density at radius 2 is 2.00 bits per heavy atom. The molecule has 6 rings (SSSR count). The Morgan fingerprint density at radius 1 is 1.11 bits per heavy atom. The number of anilines is 2. The van der Waals surface area contributed by atoms with Crippen molar-refractivity contribution in [1.82, 2.24) is 20.2 Å². The minimum absolute atomic E-state index is 0.139. The monoisotopic (exact) mass is 483 g/mol. The van der Waals surface area contributed by atoms with E-state index < -0.39 is 0 Å². The van der Waals surface area contributed by atoms with Crippen LogP contribution in [0.4, 0.5) is 11.5 Å². The number of likely N-dealkylation sites (N-methyl/N-ethyl adjacent to an activating group) is 1. The van der Waals surface area contributed by atoms with Crippen LogP contribution in [0.1, 0.15) is 24.1 Å². The van der Waals surface area contributed by atoms with E-state index in [0.29, 0.717) is 25.1 Å². The second-order valence-electron chi connectivity index (χ2n) is 10.1. The molecule has 2 aromatic carbocycles. The largest absolute Gasteiger partial charge is 0.462 e. The average molecular weight is 484 g/mol. The first-order valence-electron chi connectivity index (χ1n) is 13.0. The molecule has 3 aliphatic rings. The van der Waals surface area contributed by atoms with Crippen molar-refractivity contribution in [2.45, 2.75) is 37.9 Å². The summed E-state index contributed by atoms with van der Waals surface area (Å²) in [7, 11) is 2.14. The van der Waals surface area contributed by atoms with E-state index >= 15 is 0 Å². The van der Waals surface area contributed by atoms with Gasteiger partial charge in [0.1, 0.15) is 12.4 Å². The summed E-state index contributed by atoms with van der Waals surface area (Å²) in [5.41, 5.74) is 3.53. The Balaban J connectivity index is 1.39. The van der Waals surface area contributed by atoms with Gasteiger partial charge in [0.2, 0.25) is 0 Å². The molecule has 0 spiro atoms. The first-order valence-corrected chi connectivity index (χ1v) is 13.0. The molecule has 0 amide bonds. The molecule has 0 radical (unpaired) electrons. The second-order valence-corrected chi connectivity index (χ2v) is 10.1. The predicted octanol–water partition coefficient (Wildman–Crippen LogP) is 2.97. The van der Waals surface area contributed by atoms with Gasteiger partial charge in [-0.1, -0.05) is 36.4 Å². The van der Waals surface area contributed by atoms with Crippen LogP contribution in [0.2, 0.25) is 0 Å². The van der Waals surface area contributed by atoms with Crippen molar-refractivity contribution < 1.29 is 4.74 Å². The third kappa shape index (κ3) is 4.45. The van der Waals surface area contributed by atoms with Crippen LogP contribution in [0, 0.1) is 11.3 Å². The lowest BCUT2D eigenvalue weighted by atomic mass is 9.99. The van der Waals surface area contributed by atoms with Crippen molar-refractivity contribution in [3.63, 3.8) is 0 Å². The van der Waals surface area contributed by atoms with Gasteiger partial charge in [-0.25, -0.2) is 0 Å². The Morgan fingerprint density at radius 3 is 2.92 bits per heavy atom. The van der Waals surface area contributed by atoms with Gasteiger partial charge in [0, 0.05) is 54.9 Å². The second kappa shape index (κ2) is 9.92. The zero-order valence-electron chi connectivity index (χ0n) is 20.9. The van der Waals surface area contributed by atoms with Gasteiger partial charge in [-0.3, -0.25) is 0 Å². The molecule has 1 N–H and O–H groups in total. The fraction of sp³-hybridized carbons (Fsp3) is 0.464. The summed E-state index contributed by atoms with van der Waals surface area (Å²) in [5.74, 6) is 1.01. The minimum atomic E-state index is 0.139.